The van der Waals surface area contributed by atoms with Gasteiger partial charge in [-0.05, 0) is 43.1 Å². The van der Waals surface area contributed by atoms with Crippen LogP contribution in [0.2, 0.25) is 0 Å². The van der Waals surface area contributed by atoms with E-state index in [9.17, 15) is 13.9 Å². The van der Waals surface area contributed by atoms with Crippen LogP contribution in [0.4, 0.5) is 8.78 Å². The van der Waals surface area contributed by atoms with Gasteiger partial charge < -0.3 is 5.11 Å². The highest BCUT2D eigenvalue weighted by atomic mass is 19.2. The number of aliphatic hydroxyl groups excluding tert-OH is 1. The van der Waals surface area contributed by atoms with E-state index in [2.05, 4.69) is 10.00 Å². The van der Waals surface area contributed by atoms with Crippen molar-refractivity contribution < 1.29 is 13.9 Å². The topological polar surface area (TPSA) is 41.3 Å². The Hall–Kier alpha value is -1.79. The maximum atomic E-state index is 13.3. The molecule has 0 radical (unpaired) electrons. The molecule has 0 bridgehead atoms. The number of aliphatic hydroxyl groups is 1. The van der Waals surface area contributed by atoms with Gasteiger partial charge >= 0.3 is 0 Å². The molecule has 1 N–H and O–H groups in total. The summed E-state index contributed by atoms with van der Waals surface area (Å²) in [5.41, 5.74) is 0.410. The van der Waals surface area contributed by atoms with Crippen molar-refractivity contribution in [1.29, 1.82) is 0 Å². The lowest BCUT2D eigenvalue weighted by molar-refractivity contribution is 0.0589. The summed E-state index contributed by atoms with van der Waals surface area (Å²) < 4.78 is 28.2. The Morgan fingerprint density at radius 2 is 2.13 bits per heavy atom. The third-order valence-electron chi connectivity index (χ3n) is 4.44. The molecule has 1 fully saturated rings. The van der Waals surface area contributed by atoms with E-state index in [1.165, 1.54) is 6.07 Å². The van der Waals surface area contributed by atoms with Crippen LogP contribution in [0.15, 0.2) is 36.7 Å². The van der Waals surface area contributed by atoms with Crippen molar-refractivity contribution in [3.05, 3.63) is 53.9 Å². The molecule has 6 heteroatoms. The van der Waals surface area contributed by atoms with Gasteiger partial charge in [-0.25, -0.2) is 8.78 Å². The molecule has 2 heterocycles. The molecule has 23 heavy (non-hydrogen) atoms. The summed E-state index contributed by atoms with van der Waals surface area (Å²) >= 11 is 0. The number of benzene rings is 1. The zero-order valence-electron chi connectivity index (χ0n) is 12.9. The van der Waals surface area contributed by atoms with Gasteiger partial charge in [-0.2, -0.15) is 5.10 Å². The van der Waals surface area contributed by atoms with Crippen LogP contribution in [0.5, 0.6) is 0 Å². The number of halogens is 2. The van der Waals surface area contributed by atoms with Crippen molar-refractivity contribution in [1.82, 2.24) is 14.7 Å². The van der Waals surface area contributed by atoms with Gasteiger partial charge in [-0.1, -0.05) is 12.5 Å². The molecular formula is C17H21F2N3O. The molecule has 0 spiro atoms. The van der Waals surface area contributed by atoms with Crippen LogP contribution in [-0.4, -0.2) is 38.9 Å². The fraction of sp³-hybridized carbons (Fsp3) is 0.471. The first-order chi connectivity index (χ1) is 11.1. The molecular weight excluding hydrogens is 300 g/mol. The van der Waals surface area contributed by atoms with Gasteiger partial charge in [-0.3, -0.25) is 9.58 Å². The summed E-state index contributed by atoms with van der Waals surface area (Å²) in [6.45, 7) is 2.08. The number of β-amino-alcohol motifs (C(OH)–C–C–N with tert-alkyl or cyclic N) is 1. The second-order valence-corrected chi connectivity index (χ2v) is 6.06. The zero-order valence-corrected chi connectivity index (χ0v) is 12.9. The summed E-state index contributed by atoms with van der Waals surface area (Å²) in [5, 5.41) is 14.6. The van der Waals surface area contributed by atoms with E-state index in [1.807, 2.05) is 16.9 Å². The number of piperidine rings is 1. The van der Waals surface area contributed by atoms with E-state index in [-0.39, 0.29) is 0 Å². The van der Waals surface area contributed by atoms with Crippen molar-refractivity contribution in [2.45, 2.75) is 38.0 Å². The minimum atomic E-state index is -0.923. The van der Waals surface area contributed by atoms with Gasteiger partial charge in [0.05, 0.1) is 12.6 Å². The van der Waals surface area contributed by atoms with Gasteiger partial charge in [0.25, 0.3) is 0 Å². The van der Waals surface area contributed by atoms with E-state index >= 15 is 0 Å². The Morgan fingerprint density at radius 3 is 2.87 bits per heavy atom. The highest BCUT2D eigenvalue weighted by Gasteiger charge is 2.25. The second-order valence-electron chi connectivity index (χ2n) is 6.06. The molecule has 1 aliphatic rings. The molecule has 0 aliphatic carbocycles. The number of rotatable bonds is 5. The molecule has 0 saturated carbocycles. The van der Waals surface area contributed by atoms with Crippen LogP contribution < -0.4 is 0 Å². The molecule has 124 valence electrons. The minimum Gasteiger partial charge on any atom is -0.387 e. The normalized spacial score (nSPS) is 20.6. The molecule has 2 atom stereocenters. The Morgan fingerprint density at radius 1 is 1.26 bits per heavy atom. The Kier molecular flexibility index (Phi) is 5.03. The van der Waals surface area contributed by atoms with Crippen LogP contribution in [0, 0.1) is 11.6 Å². The zero-order chi connectivity index (χ0) is 16.2. The van der Waals surface area contributed by atoms with Crippen molar-refractivity contribution in [2.75, 3.05) is 13.1 Å². The first-order valence-corrected chi connectivity index (χ1v) is 7.98. The molecule has 1 aliphatic heterocycles. The fourth-order valence-corrected chi connectivity index (χ4v) is 3.18. The Labute approximate surface area is 134 Å². The van der Waals surface area contributed by atoms with Gasteiger partial charge in [0.1, 0.15) is 0 Å². The summed E-state index contributed by atoms with van der Waals surface area (Å²) in [5.74, 6) is -1.82. The number of hydrogen-bond acceptors (Lipinski definition) is 3. The van der Waals surface area contributed by atoms with Crippen molar-refractivity contribution in [2.24, 2.45) is 0 Å². The van der Waals surface area contributed by atoms with Gasteiger partial charge in [0, 0.05) is 25.0 Å². The monoisotopic (exact) mass is 321 g/mol. The van der Waals surface area contributed by atoms with E-state index < -0.39 is 17.7 Å². The maximum Gasteiger partial charge on any atom is 0.159 e. The third kappa shape index (κ3) is 3.95. The van der Waals surface area contributed by atoms with E-state index in [4.69, 9.17) is 0 Å². The highest BCUT2D eigenvalue weighted by Crippen LogP contribution is 2.23. The Bertz CT molecular complexity index is 633. The van der Waals surface area contributed by atoms with E-state index in [0.29, 0.717) is 18.2 Å². The summed E-state index contributed by atoms with van der Waals surface area (Å²) in [7, 11) is 0. The van der Waals surface area contributed by atoms with Crippen LogP contribution in [0.1, 0.15) is 30.9 Å². The number of nitrogens with zero attached hydrogens (tertiary/aromatic N) is 3. The predicted molar refractivity (Wildman–Crippen MR) is 82.8 cm³/mol. The lowest BCUT2D eigenvalue weighted by atomic mass is 10.00. The van der Waals surface area contributed by atoms with Gasteiger partial charge in [0.15, 0.2) is 11.6 Å². The quantitative estimate of drug-likeness (QED) is 0.921. The SMILES string of the molecule is O[C@@H](CN1CCCC[C@@H]1Cn1cccn1)c1ccc(F)c(F)c1. The fourth-order valence-electron chi connectivity index (χ4n) is 3.18. The lowest BCUT2D eigenvalue weighted by Gasteiger charge is -2.37. The van der Waals surface area contributed by atoms with E-state index in [1.54, 1.807) is 6.20 Å². The lowest BCUT2D eigenvalue weighted by Crippen LogP contribution is -2.44. The number of likely N-dealkylation sites (tertiary alicyclic amines) is 1. The van der Waals surface area contributed by atoms with Crippen LogP contribution >= 0.6 is 0 Å². The van der Waals surface area contributed by atoms with Crippen molar-refractivity contribution in [3.8, 4) is 0 Å². The van der Waals surface area contributed by atoms with Crippen LogP contribution in [0.3, 0.4) is 0 Å². The minimum absolute atomic E-state index is 0.295. The highest BCUT2D eigenvalue weighted by molar-refractivity contribution is 5.20. The molecule has 1 aromatic carbocycles. The smallest absolute Gasteiger partial charge is 0.159 e. The van der Waals surface area contributed by atoms with Crippen molar-refractivity contribution >= 4 is 0 Å². The molecule has 3 rings (SSSR count). The number of aromatic nitrogens is 2. The van der Waals surface area contributed by atoms with Crippen LogP contribution in [-0.2, 0) is 6.54 Å². The Balaban J connectivity index is 1.67. The standard InChI is InChI=1S/C17H21F2N3O/c18-15-6-5-13(10-16(15)19)17(23)12-21-8-2-1-4-14(21)11-22-9-3-7-20-22/h3,5-7,9-10,14,17,23H,1-2,4,8,11-12H2/t14-,17+/m1/s1. The summed E-state index contributed by atoms with van der Waals surface area (Å²) in [6.07, 6.45) is 6.14. The average Bonchev–Trinajstić information content (AvgIpc) is 3.05. The molecule has 4 nitrogen and oxygen atoms in total. The van der Waals surface area contributed by atoms with Crippen LogP contribution in [0.25, 0.3) is 0 Å². The summed E-state index contributed by atoms with van der Waals surface area (Å²) in [6, 6.07) is 5.76. The molecule has 2 aromatic rings. The second kappa shape index (κ2) is 7.19. The molecule has 1 aromatic heterocycles. The number of hydrogen-bond donors (Lipinski definition) is 1. The van der Waals surface area contributed by atoms with E-state index in [0.717, 1.165) is 44.5 Å². The third-order valence-corrected chi connectivity index (χ3v) is 4.44. The largest absolute Gasteiger partial charge is 0.387 e. The van der Waals surface area contributed by atoms with Gasteiger partial charge in [-0.15, -0.1) is 0 Å². The van der Waals surface area contributed by atoms with Gasteiger partial charge in [0.2, 0.25) is 0 Å². The molecule has 0 unspecified atom stereocenters. The average molecular weight is 321 g/mol. The molecule has 0 amide bonds. The first kappa shape index (κ1) is 16.1. The molecule has 1 saturated heterocycles. The first-order valence-electron chi connectivity index (χ1n) is 7.98. The maximum absolute atomic E-state index is 13.3. The van der Waals surface area contributed by atoms with Crippen molar-refractivity contribution in [3.63, 3.8) is 0 Å². The summed E-state index contributed by atoms with van der Waals surface area (Å²) in [4.78, 5) is 2.22. The predicted octanol–water partition coefficient (Wildman–Crippen LogP) is 2.75.